The minimum atomic E-state index is -3.50. The summed E-state index contributed by atoms with van der Waals surface area (Å²) in [6.45, 7) is -0.263. The molecule has 0 aliphatic heterocycles. The van der Waals surface area contributed by atoms with Crippen LogP contribution in [0.25, 0.3) is 0 Å². The number of hydrogen-bond acceptors (Lipinski definition) is 4. The van der Waals surface area contributed by atoms with Gasteiger partial charge in [0, 0.05) is 5.92 Å². The van der Waals surface area contributed by atoms with E-state index in [1.807, 2.05) is 4.72 Å². The summed E-state index contributed by atoms with van der Waals surface area (Å²) in [5.74, 6) is -0.822. The summed E-state index contributed by atoms with van der Waals surface area (Å²) in [5.41, 5.74) is 0. The zero-order chi connectivity index (χ0) is 13.2. The minimum absolute atomic E-state index is 0.0159. The maximum Gasteiger partial charge on any atom is 0.252 e. The van der Waals surface area contributed by atoms with Crippen molar-refractivity contribution in [2.75, 3.05) is 6.54 Å². The van der Waals surface area contributed by atoms with Gasteiger partial charge in [-0.15, -0.1) is 0 Å². The van der Waals surface area contributed by atoms with Crippen LogP contribution < -0.4 is 10.0 Å². The molecule has 0 radical (unpaired) electrons. The first kappa shape index (κ1) is 13.3. The first-order valence-corrected chi connectivity index (χ1v) is 7.86. The van der Waals surface area contributed by atoms with E-state index in [1.54, 1.807) is 0 Å². The molecule has 0 aromatic heterocycles. The van der Waals surface area contributed by atoms with E-state index in [4.69, 9.17) is 0 Å². The number of sulfonamides is 1. The Morgan fingerprint density at radius 1 is 1.06 bits per heavy atom. The lowest BCUT2D eigenvalue weighted by Crippen LogP contribution is -2.42. The van der Waals surface area contributed by atoms with Gasteiger partial charge in [0.05, 0.1) is 11.8 Å². The third-order valence-electron chi connectivity index (χ3n) is 3.37. The predicted octanol–water partition coefficient (Wildman–Crippen LogP) is -0.0988. The molecule has 2 N–H and O–H groups in total. The van der Waals surface area contributed by atoms with Crippen molar-refractivity contribution in [3.05, 3.63) is 0 Å². The van der Waals surface area contributed by atoms with Gasteiger partial charge in [0.1, 0.15) is 0 Å². The molecule has 7 heteroatoms. The Bertz CT molecular complexity index is 436. The Balaban J connectivity index is 1.72. The molecule has 0 bridgehead atoms. The summed E-state index contributed by atoms with van der Waals surface area (Å²) in [5, 5.41) is 2.07. The fourth-order valence-corrected chi connectivity index (χ4v) is 3.47. The van der Waals surface area contributed by atoms with Crippen molar-refractivity contribution in [1.82, 2.24) is 10.0 Å². The molecule has 102 valence electrons. The molecule has 0 heterocycles. The lowest BCUT2D eigenvalue weighted by Gasteiger charge is -2.10. The maximum atomic E-state index is 11.6. The normalized spacial score (nSPS) is 20.7. The van der Waals surface area contributed by atoms with Crippen LogP contribution in [0.15, 0.2) is 0 Å². The van der Waals surface area contributed by atoms with Crippen molar-refractivity contribution in [1.29, 1.82) is 0 Å². The highest BCUT2D eigenvalue weighted by molar-refractivity contribution is 7.90. The summed E-state index contributed by atoms with van der Waals surface area (Å²) in [6.07, 6.45) is 5.01. The fourth-order valence-electron chi connectivity index (χ4n) is 2.16. The SMILES string of the molecule is O=C(CNC(=O)C1CCCC1)NS(=O)(=O)C1CC1. The third-order valence-corrected chi connectivity index (χ3v) is 5.23. The molecule has 0 saturated heterocycles. The Kier molecular flexibility index (Phi) is 3.89. The van der Waals surface area contributed by atoms with Gasteiger partial charge in [0.15, 0.2) is 0 Å². The molecule has 2 fully saturated rings. The highest BCUT2D eigenvalue weighted by atomic mass is 32.2. The average Bonchev–Trinajstić information content (AvgIpc) is 3.03. The summed E-state index contributed by atoms with van der Waals surface area (Å²) in [6, 6.07) is 0. The van der Waals surface area contributed by atoms with E-state index in [2.05, 4.69) is 5.32 Å². The molecule has 0 spiro atoms. The second-order valence-corrected chi connectivity index (χ2v) is 6.93. The zero-order valence-electron chi connectivity index (χ0n) is 10.1. The van der Waals surface area contributed by atoms with Crippen LogP contribution in [0.4, 0.5) is 0 Å². The number of hydrogen-bond donors (Lipinski definition) is 2. The van der Waals surface area contributed by atoms with Gasteiger partial charge < -0.3 is 5.32 Å². The summed E-state index contributed by atoms with van der Waals surface area (Å²) < 4.78 is 24.9. The molecule has 2 rings (SSSR count). The van der Waals surface area contributed by atoms with Crippen LogP contribution in [0.2, 0.25) is 0 Å². The molecule has 6 nitrogen and oxygen atoms in total. The van der Waals surface area contributed by atoms with Crippen molar-refractivity contribution in [3.8, 4) is 0 Å². The molecule has 2 aliphatic rings. The van der Waals surface area contributed by atoms with Gasteiger partial charge in [-0.2, -0.15) is 0 Å². The number of carbonyl (C=O) groups excluding carboxylic acids is 2. The second kappa shape index (κ2) is 5.26. The molecule has 18 heavy (non-hydrogen) atoms. The highest BCUT2D eigenvalue weighted by Crippen LogP contribution is 2.27. The Morgan fingerprint density at radius 2 is 1.67 bits per heavy atom. The predicted molar refractivity (Wildman–Crippen MR) is 65.1 cm³/mol. The lowest BCUT2D eigenvalue weighted by molar-refractivity contribution is -0.127. The van der Waals surface area contributed by atoms with E-state index < -0.39 is 21.2 Å². The molecular weight excluding hydrogens is 256 g/mol. The average molecular weight is 274 g/mol. The maximum absolute atomic E-state index is 11.6. The monoisotopic (exact) mass is 274 g/mol. The smallest absolute Gasteiger partial charge is 0.252 e. The van der Waals surface area contributed by atoms with Gasteiger partial charge in [-0.25, -0.2) is 8.42 Å². The van der Waals surface area contributed by atoms with Crippen molar-refractivity contribution in [2.24, 2.45) is 5.92 Å². The first-order valence-electron chi connectivity index (χ1n) is 6.31. The number of rotatable bonds is 5. The highest BCUT2D eigenvalue weighted by Gasteiger charge is 2.36. The largest absolute Gasteiger partial charge is 0.347 e. The van der Waals surface area contributed by atoms with Gasteiger partial charge in [-0.3, -0.25) is 14.3 Å². The van der Waals surface area contributed by atoms with Gasteiger partial charge in [-0.05, 0) is 25.7 Å². The summed E-state index contributed by atoms with van der Waals surface area (Å²) >= 11 is 0. The lowest BCUT2D eigenvalue weighted by atomic mass is 10.1. The first-order chi connectivity index (χ1) is 8.49. The van der Waals surface area contributed by atoms with Crippen molar-refractivity contribution in [2.45, 2.75) is 43.8 Å². The number of amides is 2. The summed E-state index contributed by atoms with van der Waals surface area (Å²) in [7, 11) is -3.50. The molecule has 2 saturated carbocycles. The topological polar surface area (TPSA) is 92.3 Å². The van der Waals surface area contributed by atoms with E-state index in [0.717, 1.165) is 25.7 Å². The molecule has 0 aromatic carbocycles. The Labute approximate surface area is 107 Å². The van der Waals surface area contributed by atoms with Crippen molar-refractivity contribution in [3.63, 3.8) is 0 Å². The van der Waals surface area contributed by atoms with Crippen LogP contribution in [-0.2, 0) is 19.6 Å². The van der Waals surface area contributed by atoms with Crippen LogP contribution in [0.3, 0.4) is 0 Å². The quantitative estimate of drug-likeness (QED) is 0.732. The van der Waals surface area contributed by atoms with Gasteiger partial charge in [0.2, 0.25) is 15.9 Å². The minimum Gasteiger partial charge on any atom is -0.347 e. The van der Waals surface area contributed by atoms with E-state index in [9.17, 15) is 18.0 Å². The number of carbonyl (C=O) groups is 2. The van der Waals surface area contributed by atoms with E-state index >= 15 is 0 Å². The van der Waals surface area contributed by atoms with Crippen molar-refractivity contribution < 1.29 is 18.0 Å². The van der Waals surface area contributed by atoms with Crippen LogP contribution in [0.5, 0.6) is 0 Å². The molecule has 2 amide bonds. The third kappa shape index (κ3) is 3.44. The zero-order valence-corrected chi connectivity index (χ0v) is 11.0. The molecule has 0 aromatic rings. The Morgan fingerprint density at radius 3 is 2.22 bits per heavy atom. The van der Waals surface area contributed by atoms with Crippen molar-refractivity contribution >= 4 is 21.8 Å². The molecule has 2 aliphatic carbocycles. The summed E-state index contributed by atoms with van der Waals surface area (Å²) in [4.78, 5) is 23.0. The van der Waals surface area contributed by atoms with E-state index in [1.165, 1.54) is 0 Å². The standard InChI is InChI=1S/C11H18N2O4S/c14-10(13-18(16,17)9-5-6-9)7-12-11(15)8-3-1-2-4-8/h8-9H,1-7H2,(H,12,15)(H,13,14). The number of nitrogens with one attached hydrogen (secondary N) is 2. The van der Waals surface area contributed by atoms with E-state index in [0.29, 0.717) is 12.8 Å². The van der Waals surface area contributed by atoms with Gasteiger partial charge in [-0.1, -0.05) is 12.8 Å². The Hall–Kier alpha value is -1.11. The molecular formula is C11H18N2O4S. The van der Waals surface area contributed by atoms with E-state index in [-0.39, 0.29) is 18.4 Å². The van der Waals surface area contributed by atoms with Crippen LogP contribution >= 0.6 is 0 Å². The van der Waals surface area contributed by atoms with Gasteiger partial charge in [0.25, 0.3) is 5.91 Å². The fraction of sp³-hybridized carbons (Fsp3) is 0.818. The van der Waals surface area contributed by atoms with Crippen LogP contribution in [0.1, 0.15) is 38.5 Å². The van der Waals surface area contributed by atoms with Crippen LogP contribution in [-0.4, -0.2) is 32.0 Å². The van der Waals surface area contributed by atoms with Gasteiger partial charge >= 0.3 is 0 Å². The molecule has 0 atom stereocenters. The van der Waals surface area contributed by atoms with Crippen LogP contribution in [0, 0.1) is 5.92 Å². The second-order valence-electron chi connectivity index (χ2n) is 4.97. The molecule has 0 unspecified atom stereocenters.